The van der Waals surface area contributed by atoms with Crippen LogP contribution in [0.5, 0.6) is 0 Å². The molecular weight excluding hydrogens is 290 g/mol. The molecule has 3 rings (SSSR count). The average molecular weight is 315 g/mol. The van der Waals surface area contributed by atoms with Crippen LogP contribution in [0.4, 0.5) is 0 Å². The molecular formula is C19H25NO3. The van der Waals surface area contributed by atoms with Crippen molar-refractivity contribution in [2.24, 2.45) is 23.7 Å². The largest absolute Gasteiger partial charge is 0.481 e. The minimum Gasteiger partial charge on any atom is -0.481 e. The maximum absolute atomic E-state index is 12.7. The molecule has 1 aromatic rings. The second-order valence-electron chi connectivity index (χ2n) is 7.31. The Morgan fingerprint density at radius 3 is 2.43 bits per heavy atom. The van der Waals surface area contributed by atoms with Gasteiger partial charge in [-0.1, -0.05) is 23.8 Å². The first kappa shape index (κ1) is 16.0. The zero-order valence-electron chi connectivity index (χ0n) is 14.0. The Labute approximate surface area is 137 Å². The molecule has 23 heavy (non-hydrogen) atoms. The predicted octanol–water partition coefficient (Wildman–Crippen LogP) is 3.23. The maximum Gasteiger partial charge on any atom is 0.307 e. The van der Waals surface area contributed by atoms with Crippen molar-refractivity contribution in [3.63, 3.8) is 0 Å². The molecule has 4 nitrogen and oxygen atoms in total. The summed E-state index contributed by atoms with van der Waals surface area (Å²) in [6.07, 6.45) is 2.84. The number of carbonyl (C=O) groups is 2. The average Bonchev–Trinajstić information content (AvgIpc) is 3.07. The molecule has 0 unspecified atom stereocenters. The highest BCUT2D eigenvalue weighted by Gasteiger charge is 2.54. The molecule has 0 spiro atoms. The van der Waals surface area contributed by atoms with Gasteiger partial charge >= 0.3 is 5.97 Å². The molecule has 2 saturated carbocycles. The van der Waals surface area contributed by atoms with Gasteiger partial charge in [0.15, 0.2) is 0 Å². The minimum absolute atomic E-state index is 0.0860. The Kier molecular flexibility index (Phi) is 4.17. The SMILES string of the molecule is Cc1ccc([C@@H](C)NC(=O)[C@H]2[C@@H]3CC[C@@H](C3)[C@@H]2C(=O)O)c(C)c1. The van der Waals surface area contributed by atoms with E-state index in [2.05, 4.69) is 11.4 Å². The van der Waals surface area contributed by atoms with Crippen molar-refractivity contribution in [1.29, 1.82) is 0 Å². The van der Waals surface area contributed by atoms with E-state index in [4.69, 9.17) is 0 Å². The van der Waals surface area contributed by atoms with Gasteiger partial charge in [0, 0.05) is 0 Å². The van der Waals surface area contributed by atoms with Gasteiger partial charge in [-0.05, 0) is 63.0 Å². The van der Waals surface area contributed by atoms with Gasteiger partial charge in [-0.2, -0.15) is 0 Å². The number of fused-ring (bicyclic) bond motifs is 2. The molecule has 5 atom stereocenters. The first-order valence-corrected chi connectivity index (χ1v) is 8.48. The normalized spacial score (nSPS) is 30.2. The summed E-state index contributed by atoms with van der Waals surface area (Å²) in [6.45, 7) is 6.06. The van der Waals surface area contributed by atoms with Crippen LogP contribution in [0, 0.1) is 37.5 Å². The number of amides is 1. The van der Waals surface area contributed by atoms with Gasteiger partial charge in [0.05, 0.1) is 17.9 Å². The summed E-state index contributed by atoms with van der Waals surface area (Å²) >= 11 is 0. The number of rotatable bonds is 4. The maximum atomic E-state index is 12.7. The molecule has 1 aromatic carbocycles. The molecule has 1 amide bonds. The number of hydrogen-bond acceptors (Lipinski definition) is 2. The molecule has 0 aliphatic heterocycles. The van der Waals surface area contributed by atoms with E-state index in [-0.39, 0.29) is 29.7 Å². The highest BCUT2D eigenvalue weighted by molar-refractivity contribution is 5.86. The Balaban J connectivity index is 1.74. The van der Waals surface area contributed by atoms with E-state index < -0.39 is 11.9 Å². The minimum atomic E-state index is -0.809. The zero-order valence-corrected chi connectivity index (χ0v) is 14.0. The van der Waals surface area contributed by atoms with E-state index in [0.29, 0.717) is 0 Å². The molecule has 2 bridgehead atoms. The second kappa shape index (κ2) is 5.99. The van der Waals surface area contributed by atoms with E-state index >= 15 is 0 Å². The van der Waals surface area contributed by atoms with Crippen LogP contribution < -0.4 is 5.32 Å². The van der Waals surface area contributed by atoms with Gasteiger partial charge in [0.1, 0.15) is 0 Å². The fourth-order valence-corrected chi connectivity index (χ4v) is 4.72. The molecule has 0 saturated heterocycles. The zero-order chi connectivity index (χ0) is 16.7. The summed E-state index contributed by atoms with van der Waals surface area (Å²) in [4.78, 5) is 24.3. The first-order chi connectivity index (χ1) is 10.9. The number of carboxylic acid groups (broad SMARTS) is 1. The topological polar surface area (TPSA) is 66.4 Å². The molecule has 2 N–H and O–H groups in total. The summed E-state index contributed by atoms with van der Waals surface area (Å²) in [7, 11) is 0. The number of carboxylic acids is 1. The Morgan fingerprint density at radius 1 is 1.17 bits per heavy atom. The number of nitrogens with one attached hydrogen (secondary N) is 1. The Morgan fingerprint density at radius 2 is 1.83 bits per heavy atom. The van der Waals surface area contributed by atoms with E-state index in [0.717, 1.165) is 30.4 Å². The molecule has 0 heterocycles. The summed E-state index contributed by atoms with van der Waals surface area (Å²) in [5, 5.41) is 12.6. The van der Waals surface area contributed by atoms with Crippen LogP contribution in [-0.2, 0) is 9.59 Å². The lowest BCUT2D eigenvalue weighted by atomic mass is 9.78. The predicted molar refractivity (Wildman–Crippen MR) is 87.9 cm³/mol. The first-order valence-electron chi connectivity index (χ1n) is 8.48. The van der Waals surface area contributed by atoms with Gasteiger partial charge in [-0.25, -0.2) is 0 Å². The van der Waals surface area contributed by atoms with Gasteiger partial charge in [-0.3, -0.25) is 9.59 Å². The van der Waals surface area contributed by atoms with Crippen LogP contribution in [0.3, 0.4) is 0 Å². The number of carbonyl (C=O) groups excluding carboxylic acids is 1. The standard InChI is InChI=1S/C19H25NO3/c1-10-4-7-15(11(2)8-10)12(3)20-18(21)16-13-5-6-14(9-13)17(16)19(22)23/h4,7-8,12-14,16-17H,5-6,9H2,1-3H3,(H,20,21)(H,22,23)/t12-,13-,14+,16+,17+/m1/s1. The molecule has 2 aliphatic carbocycles. The second-order valence-corrected chi connectivity index (χ2v) is 7.31. The molecule has 4 heteroatoms. The van der Waals surface area contributed by atoms with Gasteiger partial charge in [0.25, 0.3) is 0 Å². The highest BCUT2D eigenvalue weighted by Crippen LogP contribution is 2.52. The fraction of sp³-hybridized carbons (Fsp3) is 0.579. The lowest BCUT2D eigenvalue weighted by Crippen LogP contribution is -2.42. The third-order valence-electron chi connectivity index (χ3n) is 5.75. The van der Waals surface area contributed by atoms with Crippen LogP contribution in [0.1, 0.15) is 48.9 Å². The molecule has 2 fully saturated rings. The number of benzene rings is 1. The summed E-state index contributed by atoms with van der Waals surface area (Å²) in [5.74, 6) is -1.33. The van der Waals surface area contributed by atoms with Crippen LogP contribution in [0.2, 0.25) is 0 Å². The molecule has 124 valence electrons. The quantitative estimate of drug-likeness (QED) is 0.896. The Bertz CT molecular complexity index is 640. The number of aryl methyl sites for hydroxylation is 2. The molecule has 2 aliphatic rings. The molecule has 0 radical (unpaired) electrons. The van der Waals surface area contributed by atoms with E-state index in [1.807, 2.05) is 32.9 Å². The number of aliphatic carboxylic acids is 1. The molecule has 0 aromatic heterocycles. The van der Waals surface area contributed by atoms with Crippen LogP contribution >= 0.6 is 0 Å². The van der Waals surface area contributed by atoms with Crippen molar-refractivity contribution >= 4 is 11.9 Å². The highest BCUT2D eigenvalue weighted by atomic mass is 16.4. The van der Waals surface area contributed by atoms with Crippen molar-refractivity contribution < 1.29 is 14.7 Å². The van der Waals surface area contributed by atoms with Gasteiger partial charge < -0.3 is 10.4 Å². The third-order valence-corrected chi connectivity index (χ3v) is 5.75. The van der Waals surface area contributed by atoms with Crippen LogP contribution in [0.15, 0.2) is 18.2 Å². The van der Waals surface area contributed by atoms with Crippen molar-refractivity contribution in [3.05, 3.63) is 34.9 Å². The van der Waals surface area contributed by atoms with Crippen LogP contribution in [-0.4, -0.2) is 17.0 Å². The van der Waals surface area contributed by atoms with Crippen LogP contribution in [0.25, 0.3) is 0 Å². The van der Waals surface area contributed by atoms with Gasteiger partial charge in [-0.15, -0.1) is 0 Å². The lowest BCUT2D eigenvalue weighted by Gasteiger charge is -2.28. The lowest BCUT2D eigenvalue weighted by molar-refractivity contribution is -0.149. The van der Waals surface area contributed by atoms with Gasteiger partial charge in [0.2, 0.25) is 5.91 Å². The van der Waals surface area contributed by atoms with Crippen molar-refractivity contribution in [1.82, 2.24) is 5.32 Å². The fourth-order valence-electron chi connectivity index (χ4n) is 4.72. The van der Waals surface area contributed by atoms with Crippen molar-refractivity contribution in [2.45, 2.75) is 46.1 Å². The summed E-state index contributed by atoms with van der Waals surface area (Å²) in [5.41, 5.74) is 3.45. The van der Waals surface area contributed by atoms with Crippen molar-refractivity contribution in [3.8, 4) is 0 Å². The van der Waals surface area contributed by atoms with E-state index in [9.17, 15) is 14.7 Å². The van der Waals surface area contributed by atoms with E-state index in [1.165, 1.54) is 5.56 Å². The Hall–Kier alpha value is -1.84. The monoisotopic (exact) mass is 315 g/mol. The summed E-state index contributed by atoms with van der Waals surface area (Å²) in [6, 6.07) is 6.10. The van der Waals surface area contributed by atoms with Crippen molar-refractivity contribution in [2.75, 3.05) is 0 Å². The van der Waals surface area contributed by atoms with E-state index in [1.54, 1.807) is 0 Å². The summed E-state index contributed by atoms with van der Waals surface area (Å²) < 4.78 is 0. The number of hydrogen-bond donors (Lipinski definition) is 2. The third kappa shape index (κ3) is 2.87. The smallest absolute Gasteiger partial charge is 0.307 e.